The van der Waals surface area contributed by atoms with Gasteiger partial charge in [0.05, 0.1) is 11.6 Å². The van der Waals surface area contributed by atoms with Crippen LogP contribution in [0.1, 0.15) is 45.1 Å². The summed E-state index contributed by atoms with van der Waals surface area (Å²) in [5.74, 6) is 0.794. The lowest BCUT2D eigenvalue weighted by molar-refractivity contribution is 0.0851. The quantitative estimate of drug-likeness (QED) is 0.797. The van der Waals surface area contributed by atoms with Crippen molar-refractivity contribution in [3.8, 4) is 11.8 Å². The highest BCUT2D eigenvalue weighted by molar-refractivity contribution is 5.36. The summed E-state index contributed by atoms with van der Waals surface area (Å²) >= 11 is 0. The van der Waals surface area contributed by atoms with Gasteiger partial charge >= 0.3 is 0 Å². The monoisotopic (exact) mass is 286 g/mol. The van der Waals surface area contributed by atoms with E-state index in [-0.39, 0.29) is 0 Å². The van der Waals surface area contributed by atoms with E-state index in [2.05, 4.69) is 24.8 Å². The zero-order valence-corrected chi connectivity index (χ0v) is 13.3. The van der Waals surface area contributed by atoms with Crippen molar-refractivity contribution >= 4 is 0 Å². The van der Waals surface area contributed by atoms with Gasteiger partial charge in [-0.3, -0.25) is 4.90 Å². The summed E-state index contributed by atoms with van der Waals surface area (Å²) in [6.45, 7) is 8.68. The zero-order valence-electron chi connectivity index (χ0n) is 13.3. The van der Waals surface area contributed by atoms with Crippen LogP contribution in [0.25, 0.3) is 0 Å². The van der Waals surface area contributed by atoms with Gasteiger partial charge in [0, 0.05) is 6.54 Å². The number of nitriles is 1. The molecule has 21 heavy (non-hydrogen) atoms. The maximum absolute atomic E-state index is 8.87. The van der Waals surface area contributed by atoms with Crippen LogP contribution < -0.4 is 4.74 Å². The van der Waals surface area contributed by atoms with E-state index in [1.54, 1.807) is 12.1 Å². The number of ether oxygens (including phenoxy) is 1. The predicted molar refractivity (Wildman–Crippen MR) is 85.3 cm³/mol. The number of piperidine rings is 1. The van der Waals surface area contributed by atoms with E-state index >= 15 is 0 Å². The fraction of sp³-hybridized carbons (Fsp3) is 0.611. The van der Waals surface area contributed by atoms with E-state index in [1.165, 1.54) is 38.8 Å². The Kier molecular flexibility index (Phi) is 5.64. The first-order chi connectivity index (χ1) is 10.2. The third-order valence-electron chi connectivity index (χ3n) is 5.06. The van der Waals surface area contributed by atoms with E-state index in [9.17, 15) is 0 Å². The third-order valence-corrected chi connectivity index (χ3v) is 5.06. The summed E-state index contributed by atoms with van der Waals surface area (Å²) in [4.78, 5) is 2.50. The molecular weight excluding hydrogens is 260 g/mol. The van der Waals surface area contributed by atoms with E-state index < -0.39 is 0 Å². The summed E-state index contributed by atoms with van der Waals surface area (Å²) < 4.78 is 5.76. The van der Waals surface area contributed by atoms with Crippen molar-refractivity contribution in [2.45, 2.75) is 39.5 Å². The number of nitrogens with zero attached hydrogens (tertiary/aromatic N) is 2. The fourth-order valence-corrected chi connectivity index (χ4v) is 3.16. The van der Waals surface area contributed by atoms with Crippen molar-refractivity contribution in [3.05, 3.63) is 29.8 Å². The second-order valence-electron chi connectivity index (χ2n) is 6.04. The number of hydrogen-bond acceptors (Lipinski definition) is 3. The van der Waals surface area contributed by atoms with Crippen LogP contribution in [0.15, 0.2) is 24.3 Å². The molecule has 1 aromatic carbocycles. The van der Waals surface area contributed by atoms with Crippen LogP contribution in [0.3, 0.4) is 0 Å². The lowest BCUT2D eigenvalue weighted by Crippen LogP contribution is -2.41. The number of hydrogen-bond donors (Lipinski definition) is 0. The van der Waals surface area contributed by atoms with Gasteiger partial charge in [0.15, 0.2) is 0 Å². The summed E-state index contributed by atoms with van der Waals surface area (Å²) in [6, 6.07) is 9.52. The molecule has 3 heteroatoms. The molecular formula is C18H26N2O. The maximum atomic E-state index is 8.87. The van der Waals surface area contributed by atoms with Gasteiger partial charge in [-0.1, -0.05) is 32.8 Å². The Morgan fingerprint density at radius 3 is 2.57 bits per heavy atom. The molecule has 114 valence electrons. The zero-order chi connectivity index (χ0) is 15.1. The first-order valence-electron chi connectivity index (χ1n) is 8.06. The molecule has 0 amide bonds. The summed E-state index contributed by atoms with van der Waals surface area (Å²) in [5, 5.41) is 8.87. The molecule has 0 aromatic heterocycles. The minimum absolute atomic E-state index is 0.582. The van der Waals surface area contributed by atoms with Gasteiger partial charge in [-0.05, 0) is 49.5 Å². The topological polar surface area (TPSA) is 36.3 Å². The van der Waals surface area contributed by atoms with Crippen LogP contribution in [0.2, 0.25) is 0 Å². The molecule has 1 heterocycles. The molecule has 0 aliphatic carbocycles. The van der Waals surface area contributed by atoms with E-state index in [0.29, 0.717) is 17.6 Å². The van der Waals surface area contributed by atoms with E-state index in [1.807, 2.05) is 12.1 Å². The van der Waals surface area contributed by atoms with Crippen LogP contribution in [-0.2, 0) is 0 Å². The Hall–Kier alpha value is -1.53. The molecule has 3 nitrogen and oxygen atoms in total. The first-order valence-corrected chi connectivity index (χ1v) is 8.06. The largest absolute Gasteiger partial charge is 0.492 e. The second kappa shape index (κ2) is 7.47. The van der Waals surface area contributed by atoms with Crippen molar-refractivity contribution in [2.24, 2.45) is 5.41 Å². The third kappa shape index (κ3) is 4.22. The normalized spacial score (nSPS) is 18.1. The molecule has 0 N–H and O–H groups in total. The van der Waals surface area contributed by atoms with Gasteiger partial charge in [-0.15, -0.1) is 0 Å². The van der Waals surface area contributed by atoms with E-state index in [0.717, 1.165) is 12.3 Å². The van der Waals surface area contributed by atoms with Gasteiger partial charge in [-0.2, -0.15) is 5.26 Å². The lowest BCUT2D eigenvalue weighted by Gasteiger charge is -2.41. The van der Waals surface area contributed by atoms with Crippen molar-refractivity contribution in [3.63, 3.8) is 0 Å². The van der Waals surface area contributed by atoms with Crippen LogP contribution in [-0.4, -0.2) is 31.1 Å². The van der Waals surface area contributed by atoms with Gasteiger partial charge < -0.3 is 4.74 Å². The van der Waals surface area contributed by atoms with Gasteiger partial charge in [-0.25, -0.2) is 0 Å². The molecule has 2 rings (SSSR count). The van der Waals surface area contributed by atoms with Crippen molar-refractivity contribution in [1.82, 2.24) is 4.90 Å². The fourth-order valence-electron chi connectivity index (χ4n) is 3.16. The molecule has 0 saturated carbocycles. The predicted octanol–water partition coefficient (Wildman–Crippen LogP) is 3.84. The Labute approximate surface area is 128 Å². The Morgan fingerprint density at radius 2 is 1.95 bits per heavy atom. The molecule has 1 fully saturated rings. The molecule has 0 bridgehead atoms. The Bertz CT molecular complexity index is 478. The lowest BCUT2D eigenvalue weighted by atomic mass is 9.74. The van der Waals surface area contributed by atoms with Crippen molar-refractivity contribution in [1.29, 1.82) is 5.26 Å². The van der Waals surface area contributed by atoms with Gasteiger partial charge in [0.25, 0.3) is 0 Å². The molecule has 0 atom stereocenters. The smallest absolute Gasteiger partial charge is 0.120 e. The van der Waals surface area contributed by atoms with Gasteiger partial charge in [0.2, 0.25) is 0 Å². The molecule has 1 aliphatic heterocycles. The van der Waals surface area contributed by atoms with Crippen molar-refractivity contribution < 1.29 is 4.74 Å². The summed E-state index contributed by atoms with van der Waals surface area (Å²) in [7, 11) is 0. The maximum Gasteiger partial charge on any atom is 0.120 e. The molecule has 1 saturated heterocycles. The molecule has 1 aromatic rings. The minimum atomic E-state index is 0.582. The molecule has 0 radical (unpaired) electrons. The van der Waals surface area contributed by atoms with Crippen LogP contribution in [0.4, 0.5) is 0 Å². The molecule has 0 unspecified atom stereocenters. The number of benzene rings is 1. The SMILES string of the molecule is CCC1(CC)CCN(CCOc2cccc(C#N)c2)CC1. The van der Waals surface area contributed by atoms with Crippen LogP contribution >= 0.6 is 0 Å². The Balaban J connectivity index is 1.74. The average Bonchev–Trinajstić information content (AvgIpc) is 2.56. The second-order valence-corrected chi connectivity index (χ2v) is 6.04. The molecule has 1 aliphatic rings. The minimum Gasteiger partial charge on any atom is -0.492 e. The Morgan fingerprint density at radius 1 is 1.24 bits per heavy atom. The van der Waals surface area contributed by atoms with Crippen molar-refractivity contribution in [2.75, 3.05) is 26.2 Å². The highest BCUT2D eigenvalue weighted by atomic mass is 16.5. The highest BCUT2D eigenvalue weighted by Crippen LogP contribution is 2.37. The van der Waals surface area contributed by atoms with Crippen LogP contribution in [0, 0.1) is 16.7 Å². The van der Waals surface area contributed by atoms with E-state index in [4.69, 9.17) is 10.00 Å². The summed E-state index contributed by atoms with van der Waals surface area (Å²) in [5.41, 5.74) is 1.24. The molecule has 0 spiro atoms. The first kappa shape index (κ1) is 15.9. The van der Waals surface area contributed by atoms with Crippen LogP contribution in [0.5, 0.6) is 5.75 Å². The average molecular weight is 286 g/mol. The summed E-state index contributed by atoms with van der Waals surface area (Å²) in [6.07, 6.45) is 5.22. The highest BCUT2D eigenvalue weighted by Gasteiger charge is 2.30. The number of rotatable bonds is 6. The standard InChI is InChI=1S/C18H26N2O/c1-3-18(4-2)8-10-20(11-9-18)12-13-21-17-7-5-6-16(14-17)15-19/h5-7,14H,3-4,8-13H2,1-2H3. The number of likely N-dealkylation sites (tertiary alicyclic amines) is 1. The van der Waals surface area contributed by atoms with Gasteiger partial charge in [0.1, 0.15) is 12.4 Å².